The summed E-state index contributed by atoms with van der Waals surface area (Å²) in [5.41, 5.74) is 2.87. The molecule has 0 saturated heterocycles. The van der Waals surface area contributed by atoms with Crippen molar-refractivity contribution in [3.05, 3.63) is 53.6 Å². The predicted molar refractivity (Wildman–Crippen MR) is 111 cm³/mol. The quantitative estimate of drug-likeness (QED) is 0.439. The fourth-order valence-electron chi connectivity index (χ4n) is 2.70. The summed E-state index contributed by atoms with van der Waals surface area (Å²) in [6, 6.07) is 9.78. The second-order valence-corrected chi connectivity index (χ2v) is 8.04. The van der Waals surface area contributed by atoms with Crippen molar-refractivity contribution in [3.8, 4) is 11.5 Å². The highest BCUT2D eigenvalue weighted by atomic mass is 32.2. The van der Waals surface area contributed by atoms with E-state index in [0.717, 1.165) is 0 Å². The Morgan fingerprint density at radius 3 is 2.48 bits per heavy atom. The maximum absolute atomic E-state index is 12.6. The van der Waals surface area contributed by atoms with Crippen LogP contribution < -0.4 is 14.9 Å². The Balaban J connectivity index is 2.14. The van der Waals surface area contributed by atoms with Gasteiger partial charge in [0.2, 0.25) is 10.0 Å². The number of sulfonamides is 1. The number of carbonyl (C=O) groups is 1. The molecule has 0 heterocycles. The molecule has 0 aromatic heterocycles. The number of carbonyl (C=O) groups excluding carboxylic acids is 1. The summed E-state index contributed by atoms with van der Waals surface area (Å²) in [6.45, 7) is 1.09. The van der Waals surface area contributed by atoms with E-state index in [0.29, 0.717) is 18.7 Å². The molecular weight excluding hydrogens is 432 g/mol. The number of ether oxygens (including phenoxy) is 2. The number of alkyl halides is 2. The average molecular weight is 455 g/mol. The second kappa shape index (κ2) is 10.8. The fraction of sp³-hybridized carbons (Fsp3) is 0.300. The molecule has 0 spiro atoms. The first-order valence-corrected chi connectivity index (χ1v) is 10.7. The highest BCUT2D eigenvalue weighted by molar-refractivity contribution is 7.89. The number of hydrogen-bond acceptors (Lipinski definition) is 6. The van der Waals surface area contributed by atoms with Gasteiger partial charge in [-0.25, -0.2) is 13.8 Å². The number of nitrogens with one attached hydrogen (secondary N) is 1. The Morgan fingerprint density at radius 2 is 1.87 bits per heavy atom. The molecule has 2 aromatic carbocycles. The molecule has 0 radical (unpaired) electrons. The van der Waals surface area contributed by atoms with E-state index in [1.54, 1.807) is 13.8 Å². The number of nitrogens with zero attached hydrogens (tertiary/aromatic N) is 2. The van der Waals surface area contributed by atoms with Crippen molar-refractivity contribution in [2.24, 2.45) is 5.10 Å². The zero-order valence-electron chi connectivity index (χ0n) is 17.2. The van der Waals surface area contributed by atoms with Crippen LogP contribution in [0.1, 0.15) is 29.8 Å². The number of benzene rings is 2. The number of hydrogen-bond donors (Lipinski definition) is 1. The molecular formula is C20H23F2N3O5S. The number of methoxy groups -OCH3 is 1. The predicted octanol–water partition coefficient (Wildman–Crippen LogP) is 3.09. The first-order chi connectivity index (χ1) is 14.7. The van der Waals surface area contributed by atoms with Crippen LogP contribution in [-0.2, 0) is 10.0 Å². The van der Waals surface area contributed by atoms with Gasteiger partial charge in [-0.15, -0.1) is 0 Å². The van der Waals surface area contributed by atoms with Crippen LogP contribution in [0.15, 0.2) is 52.5 Å². The van der Waals surface area contributed by atoms with E-state index in [1.165, 1.54) is 60.1 Å². The maximum Gasteiger partial charge on any atom is 0.387 e. The molecule has 0 aliphatic heterocycles. The van der Waals surface area contributed by atoms with Gasteiger partial charge in [-0.3, -0.25) is 4.79 Å². The number of amides is 1. The van der Waals surface area contributed by atoms with E-state index in [4.69, 9.17) is 4.74 Å². The van der Waals surface area contributed by atoms with Gasteiger partial charge in [-0.2, -0.15) is 18.2 Å². The van der Waals surface area contributed by atoms with E-state index in [1.807, 2.05) is 0 Å². The molecule has 31 heavy (non-hydrogen) atoms. The molecule has 0 bridgehead atoms. The minimum Gasteiger partial charge on any atom is -0.493 e. The average Bonchev–Trinajstić information content (AvgIpc) is 2.75. The van der Waals surface area contributed by atoms with Crippen LogP contribution in [0.3, 0.4) is 0 Å². The second-order valence-electron chi connectivity index (χ2n) is 6.11. The van der Waals surface area contributed by atoms with E-state index in [9.17, 15) is 22.0 Å². The Kier molecular flexibility index (Phi) is 8.46. The highest BCUT2D eigenvalue weighted by Gasteiger charge is 2.22. The lowest BCUT2D eigenvalue weighted by Crippen LogP contribution is -2.30. The molecule has 0 aliphatic carbocycles. The molecule has 0 unspecified atom stereocenters. The summed E-state index contributed by atoms with van der Waals surface area (Å²) in [5, 5.41) is 3.81. The summed E-state index contributed by atoms with van der Waals surface area (Å²) in [7, 11) is -2.40. The summed E-state index contributed by atoms with van der Waals surface area (Å²) >= 11 is 0. The Labute approximate surface area is 179 Å². The van der Waals surface area contributed by atoms with E-state index >= 15 is 0 Å². The molecule has 2 rings (SSSR count). The molecule has 0 atom stereocenters. The molecule has 1 amide bonds. The smallest absolute Gasteiger partial charge is 0.387 e. The Bertz CT molecular complexity index is 1040. The SMILES string of the molecule is CCN(CC)S(=O)(=O)c1cccc(C(=O)N/N=C/c2ccc(OC(F)F)c(OC)c2)c1. The summed E-state index contributed by atoms with van der Waals surface area (Å²) in [5.74, 6) is -0.674. The molecule has 168 valence electrons. The maximum atomic E-state index is 12.6. The van der Waals surface area contributed by atoms with Gasteiger partial charge >= 0.3 is 6.61 Å². The minimum atomic E-state index is -3.71. The summed E-state index contributed by atoms with van der Waals surface area (Å²) < 4.78 is 60.6. The minimum absolute atomic E-state index is 0.00665. The van der Waals surface area contributed by atoms with Gasteiger partial charge in [0.05, 0.1) is 18.2 Å². The first kappa shape index (κ1) is 24.2. The molecule has 8 nitrogen and oxygen atoms in total. The monoisotopic (exact) mass is 455 g/mol. The molecule has 0 aliphatic rings. The Hall–Kier alpha value is -3.05. The van der Waals surface area contributed by atoms with Gasteiger partial charge in [0.1, 0.15) is 0 Å². The van der Waals surface area contributed by atoms with E-state index in [2.05, 4.69) is 15.3 Å². The molecule has 11 heteroatoms. The fourth-order valence-corrected chi connectivity index (χ4v) is 4.20. The van der Waals surface area contributed by atoms with Crippen molar-refractivity contribution in [1.82, 2.24) is 9.73 Å². The summed E-state index contributed by atoms with van der Waals surface area (Å²) in [4.78, 5) is 12.4. The van der Waals surface area contributed by atoms with Gasteiger partial charge in [0, 0.05) is 18.7 Å². The summed E-state index contributed by atoms with van der Waals surface area (Å²) in [6.07, 6.45) is 1.28. The van der Waals surface area contributed by atoms with Crippen LogP contribution in [0.25, 0.3) is 0 Å². The lowest BCUT2D eigenvalue weighted by atomic mass is 10.2. The zero-order valence-corrected chi connectivity index (χ0v) is 18.0. The highest BCUT2D eigenvalue weighted by Crippen LogP contribution is 2.28. The van der Waals surface area contributed by atoms with Crippen LogP contribution in [0.4, 0.5) is 8.78 Å². The van der Waals surface area contributed by atoms with Crippen LogP contribution in [0, 0.1) is 0 Å². The van der Waals surface area contributed by atoms with Gasteiger partial charge < -0.3 is 9.47 Å². The third-order valence-electron chi connectivity index (χ3n) is 4.22. The number of hydrazone groups is 1. The lowest BCUT2D eigenvalue weighted by Gasteiger charge is -2.18. The number of halogens is 2. The van der Waals surface area contributed by atoms with Crippen molar-refractivity contribution in [1.29, 1.82) is 0 Å². The van der Waals surface area contributed by atoms with Gasteiger partial charge in [0.25, 0.3) is 5.91 Å². The van der Waals surface area contributed by atoms with Gasteiger partial charge in [-0.05, 0) is 42.0 Å². The van der Waals surface area contributed by atoms with Gasteiger partial charge in [0.15, 0.2) is 11.5 Å². The Morgan fingerprint density at radius 1 is 1.16 bits per heavy atom. The third kappa shape index (κ3) is 6.22. The topological polar surface area (TPSA) is 97.3 Å². The molecule has 0 fully saturated rings. The van der Waals surface area contributed by atoms with Crippen molar-refractivity contribution in [2.75, 3.05) is 20.2 Å². The van der Waals surface area contributed by atoms with Crippen LogP contribution in [-0.4, -0.2) is 51.7 Å². The largest absolute Gasteiger partial charge is 0.493 e. The standard InChI is InChI=1S/C20H23F2N3O5S/c1-4-25(5-2)31(27,28)16-8-6-7-15(12-16)19(26)24-23-13-14-9-10-17(30-20(21)22)18(11-14)29-3/h6-13,20H,4-5H2,1-3H3,(H,24,26)/b23-13+. The molecule has 1 N–H and O–H groups in total. The zero-order chi connectivity index (χ0) is 23.0. The van der Waals surface area contributed by atoms with Crippen molar-refractivity contribution < 1.29 is 31.5 Å². The van der Waals surface area contributed by atoms with Crippen molar-refractivity contribution in [3.63, 3.8) is 0 Å². The normalized spacial score (nSPS) is 11.8. The van der Waals surface area contributed by atoms with E-state index in [-0.39, 0.29) is 22.0 Å². The van der Waals surface area contributed by atoms with E-state index < -0.39 is 22.5 Å². The van der Waals surface area contributed by atoms with Gasteiger partial charge in [-0.1, -0.05) is 19.9 Å². The number of rotatable bonds is 10. The third-order valence-corrected chi connectivity index (χ3v) is 6.27. The molecule has 0 saturated carbocycles. The lowest BCUT2D eigenvalue weighted by molar-refractivity contribution is -0.0512. The molecule has 2 aromatic rings. The van der Waals surface area contributed by atoms with Crippen LogP contribution >= 0.6 is 0 Å². The van der Waals surface area contributed by atoms with Crippen LogP contribution in [0.5, 0.6) is 11.5 Å². The van der Waals surface area contributed by atoms with Crippen molar-refractivity contribution >= 4 is 22.1 Å². The van der Waals surface area contributed by atoms with Crippen LogP contribution in [0.2, 0.25) is 0 Å². The van der Waals surface area contributed by atoms with Crippen molar-refractivity contribution in [2.45, 2.75) is 25.4 Å². The first-order valence-electron chi connectivity index (χ1n) is 9.29.